The zero-order chi connectivity index (χ0) is 17.2. The monoisotopic (exact) mass is 343 g/mol. The lowest BCUT2D eigenvalue weighted by molar-refractivity contribution is -0.0490. The van der Waals surface area contributed by atoms with E-state index in [-0.39, 0.29) is 12.0 Å². The fourth-order valence-electron chi connectivity index (χ4n) is 4.01. The molecule has 0 amide bonds. The van der Waals surface area contributed by atoms with Gasteiger partial charge in [0.2, 0.25) is 11.8 Å². The summed E-state index contributed by atoms with van der Waals surface area (Å²) in [5.74, 6) is 3.02. The summed E-state index contributed by atoms with van der Waals surface area (Å²) in [6.45, 7) is 6.62. The van der Waals surface area contributed by atoms with Crippen LogP contribution in [0.2, 0.25) is 0 Å². The number of anilines is 1. The topological polar surface area (TPSA) is 77.2 Å². The van der Waals surface area contributed by atoms with Gasteiger partial charge in [-0.05, 0) is 51.5 Å². The first-order valence-corrected chi connectivity index (χ1v) is 9.17. The van der Waals surface area contributed by atoms with Crippen LogP contribution >= 0.6 is 0 Å². The van der Waals surface area contributed by atoms with E-state index in [0.717, 1.165) is 62.9 Å². The predicted molar refractivity (Wildman–Crippen MR) is 92.5 cm³/mol. The molecule has 134 valence electrons. The third kappa shape index (κ3) is 3.51. The predicted octanol–water partition coefficient (Wildman–Crippen LogP) is 2.66. The van der Waals surface area contributed by atoms with E-state index in [1.807, 2.05) is 26.1 Å². The molecular formula is C18H25N5O2. The minimum absolute atomic E-state index is 0.175. The average molecular weight is 343 g/mol. The maximum atomic E-state index is 6.18. The van der Waals surface area contributed by atoms with Crippen LogP contribution in [0.1, 0.15) is 49.0 Å². The highest BCUT2D eigenvalue weighted by Gasteiger charge is 2.38. The van der Waals surface area contributed by atoms with Crippen LogP contribution in [0.15, 0.2) is 16.8 Å². The quantitative estimate of drug-likeness (QED) is 0.848. The Morgan fingerprint density at radius 3 is 2.68 bits per heavy atom. The van der Waals surface area contributed by atoms with Crippen LogP contribution in [0.3, 0.4) is 0 Å². The van der Waals surface area contributed by atoms with E-state index in [1.165, 1.54) is 0 Å². The molecular weight excluding hydrogens is 318 g/mol. The molecule has 0 saturated carbocycles. The molecule has 7 nitrogen and oxygen atoms in total. The Kier molecular flexibility index (Phi) is 4.65. The summed E-state index contributed by atoms with van der Waals surface area (Å²) < 4.78 is 11.6. The highest BCUT2D eigenvalue weighted by molar-refractivity contribution is 5.30. The molecule has 25 heavy (non-hydrogen) atoms. The van der Waals surface area contributed by atoms with Crippen molar-refractivity contribution in [2.75, 3.05) is 24.6 Å². The summed E-state index contributed by atoms with van der Waals surface area (Å²) >= 11 is 0. The number of hydrogen-bond donors (Lipinski definition) is 0. The second-order valence-electron chi connectivity index (χ2n) is 7.09. The van der Waals surface area contributed by atoms with E-state index in [0.29, 0.717) is 11.7 Å². The molecule has 2 fully saturated rings. The van der Waals surface area contributed by atoms with Crippen molar-refractivity contribution in [1.82, 2.24) is 20.1 Å². The molecule has 0 aromatic carbocycles. The average Bonchev–Trinajstić information content (AvgIpc) is 3.08. The Balaban J connectivity index is 1.43. The van der Waals surface area contributed by atoms with Crippen LogP contribution in [0.25, 0.3) is 0 Å². The first kappa shape index (κ1) is 16.4. The molecule has 0 radical (unpaired) electrons. The van der Waals surface area contributed by atoms with Gasteiger partial charge in [0, 0.05) is 31.6 Å². The van der Waals surface area contributed by atoms with Gasteiger partial charge in [-0.2, -0.15) is 4.98 Å². The van der Waals surface area contributed by atoms with Gasteiger partial charge >= 0.3 is 0 Å². The Morgan fingerprint density at radius 1 is 1.12 bits per heavy atom. The van der Waals surface area contributed by atoms with Crippen LogP contribution in [-0.2, 0) is 4.74 Å². The van der Waals surface area contributed by atoms with Gasteiger partial charge in [0.1, 0.15) is 0 Å². The number of aryl methyl sites for hydroxylation is 2. The van der Waals surface area contributed by atoms with Crippen molar-refractivity contribution in [1.29, 1.82) is 0 Å². The third-order valence-electron chi connectivity index (χ3n) is 5.30. The van der Waals surface area contributed by atoms with E-state index in [2.05, 4.69) is 25.0 Å². The normalized spacial score (nSPS) is 25.3. The lowest BCUT2D eigenvalue weighted by Gasteiger charge is -2.40. The van der Waals surface area contributed by atoms with Crippen LogP contribution in [0, 0.1) is 19.8 Å². The number of ether oxygens (including phenoxy) is 1. The van der Waals surface area contributed by atoms with Gasteiger partial charge in [0.15, 0.2) is 5.82 Å². The van der Waals surface area contributed by atoms with Gasteiger partial charge in [-0.25, -0.2) is 9.97 Å². The van der Waals surface area contributed by atoms with E-state index >= 15 is 0 Å². The lowest BCUT2D eigenvalue weighted by Crippen LogP contribution is -2.43. The van der Waals surface area contributed by atoms with Crippen molar-refractivity contribution >= 4 is 5.95 Å². The molecule has 0 spiro atoms. The molecule has 0 aliphatic carbocycles. The molecule has 2 aliphatic heterocycles. The van der Waals surface area contributed by atoms with Crippen LogP contribution in [-0.4, -0.2) is 45.9 Å². The van der Waals surface area contributed by atoms with Gasteiger partial charge in [-0.3, -0.25) is 0 Å². The Bertz CT molecular complexity index is 711. The molecule has 2 atom stereocenters. The van der Waals surface area contributed by atoms with Crippen molar-refractivity contribution in [3.8, 4) is 0 Å². The Hall–Kier alpha value is -2.02. The fourth-order valence-corrected chi connectivity index (χ4v) is 4.01. The van der Waals surface area contributed by atoms with E-state index in [9.17, 15) is 0 Å². The maximum Gasteiger partial charge on any atom is 0.232 e. The second kappa shape index (κ2) is 7.07. The van der Waals surface area contributed by atoms with Crippen LogP contribution in [0.4, 0.5) is 5.95 Å². The first-order chi connectivity index (χ1) is 12.2. The number of piperidine rings is 1. The number of rotatable bonds is 3. The highest BCUT2D eigenvalue weighted by atomic mass is 16.5. The van der Waals surface area contributed by atoms with Crippen molar-refractivity contribution in [2.24, 2.45) is 5.92 Å². The van der Waals surface area contributed by atoms with Crippen LogP contribution < -0.4 is 4.90 Å². The smallest absolute Gasteiger partial charge is 0.232 e. The molecule has 4 heterocycles. The standard InChI is InChI=1S/C18H25N5O2/c1-12-5-8-19-18(20-12)23-9-6-14(7-10-23)16-15(4-3-11-24-16)17-21-13(2)22-25-17/h5,8,14-16H,3-4,6-7,9-11H2,1-2H3/t15-,16+/m1/s1. The highest BCUT2D eigenvalue weighted by Crippen LogP contribution is 2.38. The molecule has 2 aromatic rings. The van der Waals surface area contributed by atoms with Gasteiger partial charge in [-0.15, -0.1) is 0 Å². The number of hydrogen-bond acceptors (Lipinski definition) is 7. The van der Waals surface area contributed by atoms with Gasteiger partial charge in [-0.1, -0.05) is 5.16 Å². The van der Waals surface area contributed by atoms with Crippen molar-refractivity contribution in [2.45, 2.75) is 51.6 Å². The van der Waals surface area contributed by atoms with Gasteiger partial charge in [0.25, 0.3) is 0 Å². The molecule has 0 N–H and O–H groups in total. The molecule has 2 aliphatic rings. The SMILES string of the molecule is Cc1ccnc(N2CCC([C@@H]3OCCC[C@H]3c3nc(C)no3)CC2)n1. The molecule has 4 rings (SSSR count). The lowest BCUT2D eigenvalue weighted by atomic mass is 9.81. The minimum atomic E-state index is 0.175. The van der Waals surface area contributed by atoms with Crippen molar-refractivity contribution < 1.29 is 9.26 Å². The molecule has 2 aromatic heterocycles. The summed E-state index contributed by atoms with van der Waals surface area (Å²) in [7, 11) is 0. The van der Waals surface area contributed by atoms with Crippen LogP contribution in [0.5, 0.6) is 0 Å². The second-order valence-corrected chi connectivity index (χ2v) is 7.09. The fraction of sp³-hybridized carbons (Fsp3) is 0.667. The van der Waals surface area contributed by atoms with E-state index < -0.39 is 0 Å². The van der Waals surface area contributed by atoms with E-state index in [1.54, 1.807) is 0 Å². The molecule has 0 unspecified atom stereocenters. The number of aromatic nitrogens is 4. The maximum absolute atomic E-state index is 6.18. The van der Waals surface area contributed by atoms with Crippen molar-refractivity contribution in [3.05, 3.63) is 29.7 Å². The Labute approximate surface area is 147 Å². The minimum Gasteiger partial charge on any atom is -0.377 e. The van der Waals surface area contributed by atoms with Gasteiger partial charge < -0.3 is 14.2 Å². The summed E-state index contributed by atoms with van der Waals surface area (Å²) in [5, 5.41) is 3.96. The summed E-state index contributed by atoms with van der Waals surface area (Å²) in [4.78, 5) is 15.7. The van der Waals surface area contributed by atoms with Gasteiger partial charge in [0.05, 0.1) is 12.0 Å². The molecule has 7 heteroatoms. The molecule has 0 bridgehead atoms. The zero-order valence-corrected chi connectivity index (χ0v) is 14.9. The summed E-state index contributed by atoms with van der Waals surface area (Å²) in [5.41, 5.74) is 1.01. The Morgan fingerprint density at radius 2 is 1.96 bits per heavy atom. The van der Waals surface area contributed by atoms with Crippen molar-refractivity contribution in [3.63, 3.8) is 0 Å². The third-order valence-corrected chi connectivity index (χ3v) is 5.30. The summed E-state index contributed by atoms with van der Waals surface area (Å²) in [6, 6.07) is 1.93. The summed E-state index contributed by atoms with van der Waals surface area (Å²) in [6.07, 6.45) is 6.28. The zero-order valence-electron chi connectivity index (χ0n) is 14.9. The number of nitrogens with zero attached hydrogens (tertiary/aromatic N) is 5. The first-order valence-electron chi connectivity index (χ1n) is 9.17. The van der Waals surface area contributed by atoms with E-state index in [4.69, 9.17) is 9.26 Å². The molecule has 2 saturated heterocycles. The largest absolute Gasteiger partial charge is 0.377 e.